The largest absolute Gasteiger partial charge is 0.399 e. The number of nitrogen functional groups attached to an aromatic ring is 1. The molecule has 0 radical (unpaired) electrons. The van der Waals surface area contributed by atoms with Gasteiger partial charge in [-0.3, -0.25) is 4.31 Å². The Hall–Kier alpha value is -0.980. The first kappa shape index (κ1) is 15.1. The highest BCUT2D eigenvalue weighted by molar-refractivity contribution is 7.92. The fraction of sp³-hybridized carbons (Fsp3) is 0.455. The number of likely N-dealkylation sites (N-methyl/N-ethyl adjacent to an activating group) is 1. The van der Waals surface area contributed by atoms with Gasteiger partial charge < -0.3 is 10.6 Å². The van der Waals surface area contributed by atoms with E-state index in [1.54, 1.807) is 18.2 Å². The highest BCUT2D eigenvalue weighted by Gasteiger charge is 2.19. The molecule has 0 aliphatic carbocycles. The molecule has 0 aliphatic heterocycles. The zero-order valence-corrected chi connectivity index (χ0v) is 12.3. The van der Waals surface area contributed by atoms with Crippen LogP contribution in [0.2, 0.25) is 5.02 Å². The average molecular weight is 292 g/mol. The van der Waals surface area contributed by atoms with Gasteiger partial charge in [0.15, 0.2) is 0 Å². The van der Waals surface area contributed by atoms with E-state index in [2.05, 4.69) is 0 Å². The van der Waals surface area contributed by atoms with E-state index in [9.17, 15) is 8.42 Å². The van der Waals surface area contributed by atoms with Crippen molar-refractivity contribution in [2.24, 2.45) is 0 Å². The summed E-state index contributed by atoms with van der Waals surface area (Å²) < 4.78 is 24.9. The van der Waals surface area contributed by atoms with E-state index in [-0.39, 0.29) is 0 Å². The SMILES string of the molecule is CN(C)CCN(c1ccc(N)cc1Cl)S(C)(=O)=O. The highest BCUT2D eigenvalue weighted by atomic mass is 35.5. The average Bonchev–Trinajstić information content (AvgIpc) is 2.18. The minimum Gasteiger partial charge on any atom is -0.399 e. The van der Waals surface area contributed by atoms with Crippen LogP contribution in [0.25, 0.3) is 0 Å². The Labute approximate surface area is 113 Å². The molecular weight excluding hydrogens is 274 g/mol. The summed E-state index contributed by atoms with van der Waals surface area (Å²) in [5, 5.41) is 0.333. The summed E-state index contributed by atoms with van der Waals surface area (Å²) in [6, 6.07) is 4.80. The number of benzene rings is 1. The van der Waals surface area contributed by atoms with Crippen LogP contribution in [-0.4, -0.2) is 46.8 Å². The third kappa shape index (κ3) is 4.04. The Morgan fingerprint density at radius 2 is 1.89 bits per heavy atom. The van der Waals surface area contributed by atoms with Crippen molar-refractivity contribution in [2.75, 3.05) is 43.5 Å². The van der Waals surface area contributed by atoms with Crippen molar-refractivity contribution in [3.05, 3.63) is 23.2 Å². The van der Waals surface area contributed by atoms with Crippen LogP contribution in [0.1, 0.15) is 0 Å². The first-order chi connectivity index (χ1) is 8.21. The summed E-state index contributed by atoms with van der Waals surface area (Å²) in [5.74, 6) is 0. The second-order valence-electron chi connectivity index (χ2n) is 4.35. The highest BCUT2D eigenvalue weighted by Crippen LogP contribution is 2.29. The molecule has 1 aromatic carbocycles. The quantitative estimate of drug-likeness (QED) is 0.829. The fourth-order valence-electron chi connectivity index (χ4n) is 1.48. The minimum atomic E-state index is -3.37. The summed E-state index contributed by atoms with van der Waals surface area (Å²) in [5.41, 5.74) is 6.56. The summed E-state index contributed by atoms with van der Waals surface area (Å²) in [7, 11) is 0.392. The maximum atomic E-state index is 11.8. The van der Waals surface area contributed by atoms with E-state index in [0.29, 0.717) is 29.5 Å². The Bertz CT molecular complexity index is 517. The van der Waals surface area contributed by atoms with Crippen LogP contribution in [0.15, 0.2) is 18.2 Å². The number of hydrogen-bond donors (Lipinski definition) is 1. The normalized spacial score (nSPS) is 11.8. The third-order valence-corrected chi connectivity index (χ3v) is 3.87. The Balaban J connectivity index is 3.10. The van der Waals surface area contributed by atoms with Gasteiger partial charge in [-0.1, -0.05) is 11.6 Å². The molecule has 102 valence electrons. The van der Waals surface area contributed by atoms with Crippen LogP contribution in [0.5, 0.6) is 0 Å². The zero-order valence-electron chi connectivity index (χ0n) is 10.7. The third-order valence-electron chi connectivity index (χ3n) is 2.39. The number of halogens is 1. The van der Waals surface area contributed by atoms with E-state index in [4.69, 9.17) is 17.3 Å². The number of anilines is 2. The topological polar surface area (TPSA) is 66.6 Å². The number of nitrogens with zero attached hydrogens (tertiary/aromatic N) is 2. The first-order valence-electron chi connectivity index (χ1n) is 5.39. The standard InChI is InChI=1S/C11H18ClN3O2S/c1-14(2)6-7-15(18(3,16)17)11-5-4-9(13)8-10(11)12/h4-5,8H,6-7,13H2,1-3H3. The van der Waals surface area contributed by atoms with Gasteiger partial charge in [-0.25, -0.2) is 8.42 Å². The molecule has 1 rings (SSSR count). The van der Waals surface area contributed by atoms with Gasteiger partial charge in [0.05, 0.1) is 17.0 Å². The molecule has 0 saturated heterocycles. The number of rotatable bonds is 5. The van der Waals surface area contributed by atoms with Gasteiger partial charge in [0, 0.05) is 18.8 Å². The molecule has 0 atom stereocenters. The van der Waals surface area contributed by atoms with Crippen molar-refractivity contribution in [3.63, 3.8) is 0 Å². The van der Waals surface area contributed by atoms with Crippen LogP contribution in [0.4, 0.5) is 11.4 Å². The predicted molar refractivity (Wildman–Crippen MR) is 76.6 cm³/mol. The maximum absolute atomic E-state index is 11.8. The Morgan fingerprint density at radius 3 is 2.33 bits per heavy atom. The van der Waals surface area contributed by atoms with Gasteiger partial charge in [-0.15, -0.1) is 0 Å². The second-order valence-corrected chi connectivity index (χ2v) is 6.66. The molecule has 0 spiro atoms. The van der Waals surface area contributed by atoms with Crippen molar-refractivity contribution in [1.82, 2.24) is 4.90 Å². The van der Waals surface area contributed by atoms with Gasteiger partial charge in [0.1, 0.15) is 0 Å². The van der Waals surface area contributed by atoms with Gasteiger partial charge in [-0.2, -0.15) is 0 Å². The van der Waals surface area contributed by atoms with E-state index in [1.807, 2.05) is 19.0 Å². The monoisotopic (exact) mass is 291 g/mol. The summed E-state index contributed by atoms with van der Waals surface area (Å²) in [4.78, 5) is 1.91. The summed E-state index contributed by atoms with van der Waals surface area (Å²) in [6.07, 6.45) is 1.16. The number of sulfonamides is 1. The molecule has 0 aliphatic rings. The van der Waals surface area contributed by atoms with Crippen molar-refractivity contribution < 1.29 is 8.42 Å². The van der Waals surface area contributed by atoms with Crippen LogP contribution >= 0.6 is 11.6 Å². The molecule has 0 amide bonds. The van der Waals surface area contributed by atoms with Crippen molar-refractivity contribution >= 4 is 33.0 Å². The molecule has 0 unspecified atom stereocenters. The van der Waals surface area contributed by atoms with E-state index >= 15 is 0 Å². The Morgan fingerprint density at radius 1 is 1.28 bits per heavy atom. The summed E-state index contributed by atoms with van der Waals surface area (Å²) in [6.45, 7) is 0.948. The molecule has 7 heteroatoms. The lowest BCUT2D eigenvalue weighted by Gasteiger charge is -2.25. The second kappa shape index (κ2) is 5.77. The minimum absolute atomic E-state index is 0.333. The fourth-order valence-corrected chi connectivity index (χ4v) is 2.75. The molecule has 2 N–H and O–H groups in total. The smallest absolute Gasteiger partial charge is 0.232 e. The van der Waals surface area contributed by atoms with Crippen LogP contribution in [0.3, 0.4) is 0 Å². The molecule has 18 heavy (non-hydrogen) atoms. The van der Waals surface area contributed by atoms with Crippen LogP contribution < -0.4 is 10.0 Å². The maximum Gasteiger partial charge on any atom is 0.232 e. The van der Waals surface area contributed by atoms with Gasteiger partial charge in [0.2, 0.25) is 10.0 Å². The molecule has 0 saturated carbocycles. The first-order valence-corrected chi connectivity index (χ1v) is 7.62. The van der Waals surface area contributed by atoms with Crippen LogP contribution in [0, 0.1) is 0 Å². The summed E-state index contributed by atoms with van der Waals surface area (Å²) >= 11 is 6.05. The van der Waals surface area contributed by atoms with E-state index in [0.717, 1.165) is 6.26 Å². The molecule has 0 aromatic heterocycles. The molecule has 0 heterocycles. The van der Waals surface area contributed by atoms with Gasteiger partial charge >= 0.3 is 0 Å². The molecule has 0 fully saturated rings. The van der Waals surface area contributed by atoms with Crippen molar-refractivity contribution in [1.29, 1.82) is 0 Å². The lowest BCUT2D eigenvalue weighted by atomic mass is 10.3. The number of nitrogens with two attached hydrogens (primary N) is 1. The molecule has 1 aromatic rings. The van der Waals surface area contributed by atoms with E-state index < -0.39 is 10.0 Å². The molecule has 5 nitrogen and oxygen atoms in total. The Kier molecular flexibility index (Phi) is 4.84. The number of hydrogen-bond acceptors (Lipinski definition) is 4. The van der Waals surface area contributed by atoms with Gasteiger partial charge in [0.25, 0.3) is 0 Å². The lowest BCUT2D eigenvalue weighted by molar-refractivity contribution is 0.419. The molecular formula is C11H18ClN3O2S. The zero-order chi connectivity index (χ0) is 13.9. The van der Waals surface area contributed by atoms with Crippen molar-refractivity contribution in [2.45, 2.75) is 0 Å². The predicted octanol–water partition coefficient (Wildman–Crippen LogP) is 1.25. The van der Waals surface area contributed by atoms with Crippen molar-refractivity contribution in [3.8, 4) is 0 Å². The molecule has 0 bridgehead atoms. The van der Waals surface area contributed by atoms with Crippen LogP contribution in [-0.2, 0) is 10.0 Å². The van der Waals surface area contributed by atoms with Gasteiger partial charge in [-0.05, 0) is 32.3 Å². The van der Waals surface area contributed by atoms with E-state index in [1.165, 1.54) is 4.31 Å². The lowest BCUT2D eigenvalue weighted by Crippen LogP contribution is -2.36.